The van der Waals surface area contributed by atoms with Crippen LogP contribution in [0.2, 0.25) is 0 Å². The summed E-state index contributed by atoms with van der Waals surface area (Å²) in [6.07, 6.45) is 0.194. The molecule has 8 nitrogen and oxygen atoms in total. The Bertz CT molecular complexity index is 1360. The topological polar surface area (TPSA) is 103 Å². The van der Waals surface area contributed by atoms with E-state index < -0.39 is 17.8 Å². The number of fused-ring (bicyclic) bond motifs is 3. The van der Waals surface area contributed by atoms with Crippen molar-refractivity contribution >= 4 is 28.2 Å². The van der Waals surface area contributed by atoms with E-state index in [0.717, 1.165) is 41.6 Å². The van der Waals surface area contributed by atoms with Crippen molar-refractivity contribution in [1.82, 2.24) is 24.6 Å². The third-order valence-electron chi connectivity index (χ3n) is 6.57. The molecule has 0 amide bonds. The molecule has 3 N–H and O–H groups in total. The fourth-order valence-corrected chi connectivity index (χ4v) is 4.52. The number of halogens is 3. The summed E-state index contributed by atoms with van der Waals surface area (Å²) >= 11 is 0. The Morgan fingerprint density at radius 3 is 2.62 bits per heavy atom. The average Bonchev–Trinajstić information content (AvgIpc) is 3.28. The Morgan fingerprint density at radius 2 is 1.88 bits per heavy atom. The van der Waals surface area contributed by atoms with E-state index in [4.69, 9.17) is 10.5 Å². The van der Waals surface area contributed by atoms with Gasteiger partial charge in [-0.1, -0.05) is 6.92 Å². The lowest BCUT2D eigenvalue weighted by atomic mass is 9.76. The van der Waals surface area contributed by atoms with Gasteiger partial charge in [0.2, 0.25) is 0 Å². The fraction of sp³-hybridized carbons (Fsp3) is 0.391. The number of nitrogens with one attached hydrogen (secondary N) is 1. The summed E-state index contributed by atoms with van der Waals surface area (Å²) in [5.41, 5.74) is 7.59. The van der Waals surface area contributed by atoms with E-state index in [-0.39, 0.29) is 11.1 Å². The van der Waals surface area contributed by atoms with Crippen LogP contribution >= 0.6 is 0 Å². The number of nitrogens with two attached hydrogens (primary N) is 1. The van der Waals surface area contributed by atoms with E-state index >= 15 is 0 Å². The van der Waals surface area contributed by atoms with Gasteiger partial charge in [0.25, 0.3) is 0 Å². The SMILES string of the molecule is C[C@@H](Nc1ncnc2c1cc(C1(C)CCOCC1)c1nncn12)c1cc(N)cc(C(F)(F)F)c1. The molecule has 0 bridgehead atoms. The molecule has 34 heavy (non-hydrogen) atoms. The van der Waals surface area contributed by atoms with Crippen molar-refractivity contribution in [1.29, 1.82) is 0 Å². The molecule has 1 aliphatic heterocycles. The fourth-order valence-electron chi connectivity index (χ4n) is 4.52. The number of nitrogen functional groups attached to an aromatic ring is 1. The first-order valence-corrected chi connectivity index (χ1v) is 11.0. The molecule has 4 heterocycles. The van der Waals surface area contributed by atoms with Gasteiger partial charge < -0.3 is 15.8 Å². The highest BCUT2D eigenvalue weighted by molar-refractivity contribution is 5.90. The van der Waals surface area contributed by atoms with Crippen LogP contribution in [0.25, 0.3) is 16.7 Å². The van der Waals surface area contributed by atoms with Gasteiger partial charge in [-0.2, -0.15) is 13.2 Å². The van der Waals surface area contributed by atoms with Crippen LogP contribution in [0, 0.1) is 0 Å². The second-order valence-corrected chi connectivity index (χ2v) is 8.97. The van der Waals surface area contributed by atoms with Gasteiger partial charge in [0.05, 0.1) is 17.0 Å². The first kappa shape index (κ1) is 22.3. The Balaban J connectivity index is 1.60. The number of nitrogens with zero attached hydrogens (tertiary/aromatic N) is 5. The number of ether oxygens (including phenoxy) is 1. The molecular formula is C23H24F3N7O. The van der Waals surface area contributed by atoms with Crippen molar-refractivity contribution < 1.29 is 17.9 Å². The first-order chi connectivity index (χ1) is 16.2. The summed E-state index contributed by atoms with van der Waals surface area (Å²) in [5, 5.41) is 12.4. The molecule has 11 heteroatoms. The summed E-state index contributed by atoms with van der Waals surface area (Å²) in [4.78, 5) is 8.84. The predicted octanol–water partition coefficient (Wildman–Crippen LogP) is 4.51. The number of alkyl halides is 3. The molecule has 1 aromatic carbocycles. The summed E-state index contributed by atoms with van der Waals surface area (Å²) in [5.74, 6) is 0.501. The molecule has 0 spiro atoms. The van der Waals surface area contributed by atoms with Crippen LogP contribution in [0.15, 0.2) is 36.9 Å². The van der Waals surface area contributed by atoms with E-state index in [0.29, 0.717) is 30.2 Å². The lowest BCUT2D eigenvalue weighted by Gasteiger charge is -2.34. The average molecular weight is 471 g/mol. The largest absolute Gasteiger partial charge is 0.416 e. The highest BCUT2D eigenvalue weighted by Gasteiger charge is 2.34. The third kappa shape index (κ3) is 3.89. The molecule has 4 aromatic rings. The van der Waals surface area contributed by atoms with Crippen LogP contribution < -0.4 is 11.1 Å². The van der Waals surface area contributed by atoms with E-state index in [2.05, 4.69) is 32.4 Å². The Hall–Kier alpha value is -3.47. The van der Waals surface area contributed by atoms with E-state index in [1.54, 1.807) is 13.3 Å². The maximum absolute atomic E-state index is 13.3. The van der Waals surface area contributed by atoms with Gasteiger partial charge >= 0.3 is 6.18 Å². The molecule has 1 fully saturated rings. The summed E-state index contributed by atoms with van der Waals surface area (Å²) in [7, 11) is 0. The second kappa shape index (κ2) is 8.08. The zero-order valence-electron chi connectivity index (χ0n) is 18.7. The number of aromatic nitrogens is 5. The predicted molar refractivity (Wildman–Crippen MR) is 121 cm³/mol. The van der Waals surface area contributed by atoms with Gasteiger partial charge in [-0.15, -0.1) is 10.2 Å². The highest BCUT2D eigenvalue weighted by Crippen LogP contribution is 2.39. The number of hydrogen-bond donors (Lipinski definition) is 2. The molecule has 5 rings (SSSR count). The van der Waals surface area contributed by atoms with Crippen molar-refractivity contribution in [2.45, 2.75) is 44.3 Å². The maximum atomic E-state index is 13.3. The van der Waals surface area contributed by atoms with Gasteiger partial charge in [-0.25, -0.2) is 9.97 Å². The van der Waals surface area contributed by atoms with Gasteiger partial charge in [0.1, 0.15) is 18.5 Å². The van der Waals surface area contributed by atoms with Crippen molar-refractivity contribution in [2.24, 2.45) is 0 Å². The normalized spacial score (nSPS) is 17.2. The Kier molecular flexibility index (Phi) is 5.31. The number of hydrogen-bond acceptors (Lipinski definition) is 7. The number of anilines is 2. The van der Waals surface area contributed by atoms with Crippen LogP contribution in [-0.2, 0) is 16.3 Å². The second-order valence-electron chi connectivity index (χ2n) is 8.97. The number of benzene rings is 1. The molecule has 178 valence electrons. The maximum Gasteiger partial charge on any atom is 0.416 e. The molecule has 0 saturated carbocycles. The molecule has 0 radical (unpaired) electrons. The van der Waals surface area contributed by atoms with Gasteiger partial charge in [0.15, 0.2) is 11.3 Å². The molecule has 0 unspecified atom stereocenters. The molecule has 3 aromatic heterocycles. The highest BCUT2D eigenvalue weighted by atomic mass is 19.4. The Morgan fingerprint density at radius 1 is 1.12 bits per heavy atom. The lowest BCUT2D eigenvalue weighted by molar-refractivity contribution is -0.137. The Labute approximate surface area is 193 Å². The number of rotatable bonds is 4. The molecule has 1 aliphatic rings. The standard InChI is InChI=1S/C23H24F3N7O/c1-13(14-7-15(23(24,25)26)9-16(27)8-14)31-19-17-10-18(22(2)3-5-34-6-4-22)21-32-30-12-33(21)20(17)29-11-28-19/h7-13H,3-6,27H2,1-2H3,(H,28,29,31)/t13-/m1/s1. The summed E-state index contributed by atoms with van der Waals surface area (Å²) in [6.45, 7) is 5.25. The van der Waals surface area contributed by atoms with Crippen LogP contribution in [0.5, 0.6) is 0 Å². The monoisotopic (exact) mass is 471 g/mol. The van der Waals surface area contributed by atoms with Gasteiger partial charge in [0, 0.05) is 29.9 Å². The quantitative estimate of drug-likeness (QED) is 0.422. The summed E-state index contributed by atoms with van der Waals surface area (Å²) < 4.78 is 47.3. The molecule has 1 atom stereocenters. The minimum absolute atomic E-state index is 0.0481. The first-order valence-electron chi connectivity index (χ1n) is 11.0. The van der Waals surface area contributed by atoms with E-state index in [9.17, 15) is 13.2 Å². The van der Waals surface area contributed by atoms with E-state index in [1.807, 2.05) is 10.5 Å². The third-order valence-corrected chi connectivity index (χ3v) is 6.57. The van der Waals surface area contributed by atoms with Gasteiger partial charge in [-0.3, -0.25) is 4.40 Å². The zero-order chi connectivity index (χ0) is 24.1. The van der Waals surface area contributed by atoms with Crippen LogP contribution in [0.4, 0.5) is 24.7 Å². The van der Waals surface area contributed by atoms with Crippen molar-refractivity contribution in [3.8, 4) is 0 Å². The smallest absolute Gasteiger partial charge is 0.399 e. The van der Waals surface area contributed by atoms with Crippen LogP contribution in [0.3, 0.4) is 0 Å². The zero-order valence-corrected chi connectivity index (χ0v) is 18.7. The molecule has 1 saturated heterocycles. The van der Waals surface area contributed by atoms with E-state index in [1.165, 1.54) is 12.4 Å². The van der Waals surface area contributed by atoms with Crippen molar-refractivity contribution in [3.63, 3.8) is 0 Å². The minimum atomic E-state index is -4.49. The minimum Gasteiger partial charge on any atom is -0.399 e. The summed E-state index contributed by atoms with van der Waals surface area (Å²) in [6, 6.07) is 5.08. The lowest BCUT2D eigenvalue weighted by Crippen LogP contribution is -2.31. The van der Waals surface area contributed by atoms with Gasteiger partial charge in [-0.05, 0) is 49.6 Å². The number of pyridine rings is 1. The van der Waals surface area contributed by atoms with Crippen LogP contribution in [0.1, 0.15) is 49.4 Å². The molecule has 0 aliphatic carbocycles. The van der Waals surface area contributed by atoms with Crippen LogP contribution in [-0.4, -0.2) is 37.8 Å². The molecular weight excluding hydrogens is 447 g/mol. The van der Waals surface area contributed by atoms with Crippen molar-refractivity contribution in [3.05, 3.63) is 53.6 Å². The van der Waals surface area contributed by atoms with Crippen molar-refractivity contribution in [2.75, 3.05) is 24.3 Å².